The number of unbranched alkanes of at least 4 members (excludes halogenated alkanes) is 9. The van der Waals surface area contributed by atoms with Gasteiger partial charge in [0.15, 0.2) is 0 Å². The van der Waals surface area contributed by atoms with Gasteiger partial charge in [-0.15, -0.1) is 0 Å². The number of carboxylic acids is 2. The van der Waals surface area contributed by atoms with Gasteiger partial charge in [0.05, 0.1) is 0 Å². The van der Waals surface area contributed by atoms with Crippen molar-refractivity contribution in [1.29, 1.82) is 0 Å². The average Bonchev–Trinajstić information content (AvgIpc) is 2.47. The second kappa shape index (κ2) is 13.1. The van der Waals surface area contributed by atoms with E-state index in [1.807, 2.05) is 0 Å². The van der Waals surface area contributed by atoms with Gasteiger partial charge in [0.2, 0.25) is 0 Å². The quantitative estimate of drug-likeness (QED) is 0.331. The van der Waals surface area contributed by atoms with Gasteiger partial charge in [-0.25, -0.2) is 9.59 Å². The molecule has 0 unspecified atom stereocenters. The number of aliphatic carboxylic acids is 2. The molecule has 0 saturated heterocycles. The van der Waals surface area contributed by atoms with Gasteiger partial charge in [-0.05, 0) is 25.7 Å². The minimum Gasteiger partial charge on any atom is -0.478 e. The Morgan fingerprint density at radius 2 is 0.773 bits per heavy atom. The van der Waals surface area contributed by atoms with E-state index in [0.29, 0.717) is 24.0 Å². The van der Waals surface area contributed by atoms with Crippen LogP contribution in [0, 0.1) is 0 Å². The number of carboxylic acid groups (broad SMARTS) is 2. The van der Waals surface area contributed by atoms with Crippen molar-refractivity contribution in [3.8, 4) is 0 Å². The Kier molecular flexibility index (Phi) is 12.2. The zero-order valence-corrected chi connectivity index (χ0v) is 13.6. The molecule has 0 atom stereocenters. The van der Waals surface area contributed by atoms with Crippen LogP contribution in [0.4, 0.5) is 0 Å². The van der Waals surface area contributed by atoms with Crippen molar-refractivity contribution >= 4 is 11.9 Å². The second-order valence-electron chi connectivity index (χ2n) is 5.85. The van der Waals surface area contributed by atoms with Crippen LogP contribution in [0.15, 0.2) is 24.3 Å². The van der Waals surface area contributed by atoms with Crippen molar-refractivity contribution in [2.45, 2.75) is 77.0 Å². The van der Waals surface area contributed by atoms with Gasteiger partial charge in [0.25, 0.3) is 0 Å². The summed E-state index contributed by atoms with van der Waals surface area (Å²) in [4.78, 5) is 21.1. The van der Waals surface area contributed by atoms with Gasteiger partial charge in [0.1, 0.15) is 0 Å². The molecule has 2 N–H and O–H groups in total. The predicted molar refractivity (Wildman–Crippen MR) is 89.0 cm³/mol. The molecule has 0 aliphatic rings. The van der Waals surface area contributed by atoms with E-state index in [2.05, 4.69) is 13.2 Å². The minimum atomic E-state index is -0.882. The van der Waals surface area contributed by atoms with Gasteiger partial charge in [-0.3, -0.25) is 0 Å². The lowest BCUT2D eigenvalue weighted by Gasteiger charge is -2.03. The highest BCUT2D eigenvalue weighted by Gasteiger charge is 2.03. The highest BCUT2D eigenvalue weighted by molar-refractivity contribution is 5.85. The summed E-state index contributed by atoms with van der Waals surface area (Å²) in [5.41, 5.74) is 0.621. The van der Waals surface area contributed by atoms with Gasteiger partial charge < -0.3 is 10.2 Å². The molecule has 22 heavy (non-hydrogen) atoms. The zero-order chi connectivity index (χ0) is 16.8. The van der Waals surface area contributed by atoms with E-state index in [1.54, 1.807) is 0 Å². The molecule has 0 heterocycles. The molecule has 0 saturated carbocycles. The minimum absolute atomic E-state index is 0.311. The van der Waals surface area contributed by atoms with Gasteiger partial charge in [0, 0.05) is 11.1 Å². The van der Waals surface area contributed by atoms with Crippen LogP contribution < -0.4 is 0 Å². The molecule has 0 amide bonds. The first-order valence-electron chi connectivity index (χ1n) is 8.27. The number of carbonyl (C=O) groups is 2. The maximum atomic E-state index is 10.5. The van der Waals surface area contributed by atoms with Crippen molar-refractivity contribution in [3.05, 3.63) is 24.3 Å². The van der Waals surface area contributed by atoms with Crippen LogP contribution in [0.1, 0.15) is 77.0 Å². The third-order valence-electron chi connectivity index (χ3n) is 3.81. The van der Waals surface area contributed by atoms with E-state index < -0.39 is 11.9 Å². The van der Waals surface area contributed by atoms with E-state index >= 15 is 0 Å². The predicted octanol–water partition coefficient (Wildman–Crippen LogP) is 4.95. The van der Waals surface area contributed by atoms with Gasteiger partial charge in [-0.2, -0.15) is 0 Å². The van der Waals surface area contributed by atoms with E-state index in [1.165, 1.54) is 25.7 Å². The smallest absolute Gasteiger partial charge is 0.330 e. The monoisotopic (exact) mass is 310 g/mol. The maximum Gasteiger partial charge on any atom is 0.330 e. The lowest BCUT2D eigenvalue weighted by Crippen LogP contribution is -1.98. The molecule has 0 rings (SSSR count). The molecule has 0 aliphatic carbocycles. The Balaban J connectivity index is 3.21. The highest BCUT2D eigenvalue weighted by atomic mass is 16.4. The Hall–Kier alpha value is -1.58. The summed E-state index contributed by atoms with van der Waals surface area (Å²) >= 11 is 0. The first-order valence-corrected chi connectivity index (χ1v) is 8.27. The van der Waals surface area contributed by atoms with Crippen LogP contribution in [0.5, 0.6) is 0 Å². The summed E-state index contributed by atoms with van der Waals surface area (Å²) in [7, 11) is 0. The Bertz CT molecular complexity index is 335. The van der Waals surface area contributed by atoms with Crippen molar-refractivity contribution in [3.63, 3.8) is 0 Å². The van der Waals surface area contributed by atoms with Crippen LogP contribution >= 0.6 is 0 Å². The molecule has 0 spiro atoms. The van der Waals surface area contributed by atoms with E-state index in [0.717, 1.165) is 38.5 Å². The molecule has 0 aromatic carbocycles. The fourth-order valence-electron chi connectivity index (χ4n) is 2.30. The summed E-state index contributed by atoms with van der Waals surface area (Å²) in [5.74, 6) is -1.76. The third kappa shape index (κ3) is 12.2. The Labute approximate surface area is 133 Å². The first kappa shape index (κ1) is 20.4. The molecule has 4 heteroatoms. The van der Waals surface area contributed by atoms with Crippen LogP contribution in [-0.2, 0) is 9.59 Å². The molecule has 0 aromatic heterocycles. The molecule has 126 valence electrons. The molecular formula is C18H30O4. The molecule has 0 aliphatic heterocycles. The molecule has 0 fully saturated rings. The van der Waals surface area contributed by atoms with Gasteiger partial charge >= 0.3 is 11.9 Å². The van der Waals surface area contributed by atoms with Crippen LogP contribution in [0.25, 0.3) is 0 Å². The Morgan fingerprint density at radius 1 is 0.545 bits per heavy atom. The van der Waals surface area contributed by atoms with Crippen LogP contribution in [-0.4, -0.2) is 22.2 Å². The molecule has 0 radical (unpaired) electrons. The van der Waals surface area contributed by atoms with Crippen molar-refractivity contribution in [1.82, 2.24) is 0 Å². The van der Waals surface area contributed by atoms with E-state index in [-0.39, 0.29) is 0 Å². The molecular weight excluding hydrogens is 280 g/mol. The van der Waals surface area contributed by atoms with Crippen LogP contribution in [0.3, 0.4) is 0 Å². The molecule has 0 aromatic rings. The average molecular weight is 310 g/mol. The summed E-state index contributed by atoms with van der Waals surface area (Å²) in [6.07, 6.45) is 12.3. The van der Waals surface area contributed by atoms with Crippen LogP contribution in [0.2, 0.25) is 0 Å². The number of hydrogen-bond donors (Lipinski definition) is 2. The van der Waals surface area contributed by atoms with Crippen molar-refractivity contribution in [2.24, 2.45) is 0 Å². The van der Waals surface area contributed by atoms with Crippen molar-refractivity contribution in [2.75, 3.05) is 0 Å². The third-order valence-corrected chi connectivity index (χ3v) is 3.81. The topological polar surface area (TPSA) is 74.6 Å². The summed E-state index contributed by atoms with van der Waals surface area (Å²) < 4.78 is 0. The zero-order valence-electron chi connectivity index (χ0n) is 13.6. The largest absolute Gasteiger partial charge is 0.478 e. The number of hydrogen-bond acceptors (Lipinski definition) is 2. The summed E-state index contributed by atoms with van der Waals surface area (Å²) in [5, 5.41) is 17.3. The fraction of sp³-hybridized carbons (Fsp3) is 0.667. The standard InChI is InChI=1S/C18H30O4/c1-15(17(19)20)13-11-9-7-5-3-4-6-8-10-12-14-16(2)18(21)22/h1-14H2,(H,19,20)(H,21,22). The second-order valence-corrected chi connectivity index (χ2v) is 5.85. The highest BCUT2D eigenvalue weighted by Crippen LogP contribution is 2.14. The SMILES string of the molecule is C=C(CCCCCCCCCCCCC(=C)C(=O)O)C(=O)O. The van der Waals surface area contributed by atoms with E-state index in [9.17, 15) is 9.59 Å². The fourth-order valence-corrected chi connectivity index (χ4v) is 2.30. The summed E-state index contributed by atoms with van der Waals surface area (Å²) in [6.45, 7) is 7.04. The lowest BCUT2D eigenvalue weighted by molar-refractivity contribution is -0.133. The summed E-state index contributed by atoms with van der Waals surface area (Å²) in [6, 6.07) is 0. The number of rotatable bonds is 15. The van der Waals surface area contributed by atoms with Gasteiger partial charge in [-0.1, -0.05) is 64.5 Å². The molecule has 0 bridgehead atoms. The lowest BCUT2D eigenvalue weighted by atomic mass is 10.0. The maximum absolute atomic E-state index is 10.5. The van der Waals surface area contributed by atoms with Crippen molar-refractivity contribution < 1.29 is 19.8 Å². The first-order chi connectivity index (χ1) is 10.4. The Morgan fingerprint density at radius 3 is 1.00 bits per heavy atom. The normalized spacial score (nSPS) is 10.4. The van der Waals surface area contributed by atoms with E-state index in [4.69, 9.17) is 10.2 Å². The molecule has 4 nitrogen and oxygen atoms in total.